The zero-order chi connectivity index (χ0) is 25.9. The van der Waals surface area contributed by atoms with E-state index in [4.69, 9.17) is 13.0 Å². The molecule has 12 heteroatoms. The van der Waals surface area contributed by atoms with Crippen molar-refractivity contribution in [1.29, 1.82) is 0 Å². The number of rotatable bonds is 7. The fourth-order valence-electron chi connectivity index (χ4n) is 3.75. The lowest BCUT2D eigenvalue weighted by atomic mass is 10.3. The summed E-state index contributed by atoms with van der Waals surface area (Å²) in [6.07, 6.45) is 2.28. The topological polar surface area (TPSA) is 72.5 Å². The van der Waals surface area contributed by atoms with Gasteiger partial charge in [0.25, 0.3) is 8.37 Å². The van der Waals surface area contributed by atoms with Crippen LogP contribution in [0.3, 0.4) is 0 Å². The Bertz CT molecular complexity index is 972. The molecule has 0 bridgehead atoms. The summed E-state index contributed by atoms with van der Waals surface area (Å²) in [6.45, 7) is 18.6. The summed E-state index contributed by atoms with van der Waals surface area (Å²) in [5.41, 5.74) is -3.05. The zero-order valence-corrected chi connectivity index (χ0v) is 22.4. The number of aromatic nitrogens is 2. The number of aryl methyl sites for hydroxylation is 1. The predicted octanol–water partition coefficient (Wildman–Crippen LogP) is 4.83. The van der Waals surface area contributed by atoms with Gasteiger partial charge in [0.1, 0.15) is 0 Å². The highest BCUT2D eigenvalue weighted by Crippen LogP contribution is 2.51. The average Bonchev–Trinajstić information content (AvgIpc) is 2.95. The second kappa shape index (κ2) is 11.4. The highest BCUT2D eigenvalue weighted by molar-refractivity contribution is 7.86. The molecule has 0 fully saturated rings. The van der Waals surface area contributed by atoms with Crippen LogP contribution in [-0.2, 0) is 17.2 Å². The lowest BCUT2D eigenvalue weighted by Gasteiger charge is -2.43. The maximum atomic E-state index is 10.7. The minimum Gasteiger partial charge on any atom is -0.741 e. The van der Waals surface area contributed by atoms with E-state index in [9.17, 15) is 13.2 Å². The molecule has 1 aromatic heterocycles. The summed E-state index contributed by atoms with van der Waals surface area (Å²) in [5, 5.41) is 0. The fraction of sp³-hybridized carbons (Fsp3) is 0.667. The van der Waals surface area contributed by atoms with E-state index in [1.807, 2.05) is 0 Å². The molecule has 7 nitrogen and oxygen atoms in total. The Kier molecular flexibility index (Phi) is 10.3. The molecule has 0 N–H and O–H groups in total. The standard InChI is InChI=1S/C20H36N4P.CHF3O3S/c1-15(2)23(16(3)4)25(24(17(5)6)18(7)8)22-14-21(9)19-12-10-11-13-20(19)22;2-1(3,4)8(5,6)7/h10-18H,1-9H3;(H,5,6,7)/q+1;/p-1. The van der Waals surface area contributed by atoms with Crippen molar-refractivity contribution in [1.82, 2.24) is 13.7 Å². The molecule has 0 saturated carbocycles. The van der Waals surface area contributed by atoms with E-state index in [0.717, 1.165) is 0 Å². The van der Waals surface area contributed by atoms with Crippen LogP contribution in [-0.4, -0.2) is 56.3 Å². The van der Waals surface area contributed by atoms with Crippen LogP contribution in [0, 0.1) is 0 Å². The van der Waals surface area contributed by atoms with Gasteiger partial charge in [-0.25, -0.2) is 22.3 Å². The number of hydrogen-bond acceptors (Lipinski definition) is 5. The first-order chi connectivity index (χ1) is 14.9. The number of para-hydroxylation sites is 2. The van der Waals surface area contributed by atoms with Crippen molar-refractivity contribution in [2.45, 2.75) is 85.1 Å². The van der Waals surface area contributed by atoms with Crippen LogP contribution in [0.5, 0.6) is 0 Å². The van der Waals surface area contributed by atoms with Crippen molar-refractivity contribution in [2.75, 3.05) is 0 Å². The summed E-state index contributed by atoms with van der Waals surface area (Å²) in [5.74, 6) is 0. The molecule has 2 aromatic rings. The van der Waals surface area contributed by atoms with Crippen molar-refractivity contribution in [3.05, 3.63) is 30.6 Å². The Labute approximate surface area is 196 Å². The lowest BCUT2D eigenvalue weighted by molar-refractivity contribution is -0.645. The minimum absolute atomic E-state index is 0.484. The molecule has 1 heterocycles. The first kappa shape index (κ1) is 29.8. The number of fused-ring (bicyclic) bond motifs is 1. The lowest BCUT2D eigenvalue weighted by Crippen LogP contribution is -2.44. The van der Waals surface area contributed by atoms with Crippen LogP contribution in [0.25, 0.3) is 11.0 Å². The normalized spacial score (nSPS) is 13.3. The third kappa shape index (κ3) is 7.36. The smallest absolute Gasteiger partial charge is 0.485 e. The van der Waals surface area contributed by atoms with Gasteiger partial charge in [-0.15, -0.1) is 0 Å². The molecule has 0 spiro atoms. The second-order valence-corrected chi connectivity index (χ2v) is 12.1. The van der Waals surface area contributed by atoms with Crippen molar-refractivity contribution in [3.8, 4) is 0 Å². The van der Waals surface area contributed by atoms with Gasteiger partial charge in [-0.1, -0.05) is 12.1 Å². The highest BCUT2D eigenvalue weighted by atomic mass is 32.2. The van der Waals surface area contributed by atoms with Crippen molar-refractivity contribution in [2.24, 2.45) is 7.05 Å². The van der Waals surface area contributed by atoms with Crippen molar-refractivity contribution < 1.29 is 30.7 Å². The van der Waals surface area contributed by atoms with Gasteiger partial charge < -0.3 is 4.55 Å². The van der Waals surface area contributed by atoms with E-state index in [2.05, 4.69) is 111 Å². The summed E-state index contributed by atoms with van der Waals surface area (Å²) in [7, 11) is -4.60. The summed E-state index contributed by atoms with van der Waals surface area (Å²) in [6, 6.07) is 10.7. The van der Waals surface area contributed by atoms with Gasteiger partial charge >= 0.3 is 5.51 Å². The summed E-state index contributed by atoms with van der Waals surface area (Å²) in [4.78, 5) is 0. The molecule has 0 amide bonds. The number of nitrogens with zero attached hydrogens (tertiary/aromatic N) is 4. The maximum Gasteiger partial charge on any atom is 0.485 e. The number of benzene rings is 1. The molecule has 0 aliphatic heterocycles. The first-order valence-corrected chi connectivity index (χ1v) is 13.4. The number of halogens is 3. The van der Waals surface area contributed by atoms with Crippen LogP contribution >= 0.6 is 8.37 Å². The van der Waals surface area contributed by atoms with Crippen LogP contribution in [0.1, 0.15) is 55.4 Å². The van der Waals surface area contributed by atoms with Crippen molar-refractivity contribution >= 4 is 29.5 Å². The van der Waals surface area contributed by atoms with Crippen molar-refractivity contribution in [3.63, 3.8) is 0 Å². The van der Waals surface area contributed by atoms with E-state index in [1.165, 1.54) is 11.0 Å². The third-order valence-electron chi connectivity index (χ3n) is 4.80. The molecular formula is C21H36F3N4O3PS. The van der Waals surface area contributed by atoms with E-state index in [0.29, 0.717) is 24.2 Å². The number of imidazole rings is 1. The average molecular weight is 513 g/mol. The van der Waals surface area contributed by atoms with Crippen LogP contribution in [0.15, 0.2) is 30.6 Å². The largest absolute Gasteiger partial charge is 0.741 e. The SMILES string of the molecule is CC(C)N(C(C)C)P(N(C(C)C)C(C)C)n1c[n+](C)c2ccccc21.O=S(=O)([O-])C(F)(F)F. The van der Waals surface area contributed by atoms with Gasteiger partial charge in [-0.2, -0.15) is 17.5 Å². The van der Waals surface area contributed by atoms with Gasteiger partial charge in [-0.05, 0) is 67.5 Å². The van der Waals surface area contributed by atoms with E-state index >= 15 is 0 Å². The molecule has 33 heavy (non-hydrogen) atoms. The number of hydrogen-bond donors (Lipinski definition) is 0. The minimum atomic E-state index is -6.09. The Balaban J connectivity index is 0.000000582. The van der Waals surface area contributed by atoms with E-state index in [-0.39, 0.29) is 0 Å². The molecule has 0 radical (unpaired) electrons. The molecule has 0 aliphatic carbocycles. The molecule has 0 saturated heterocycles. The monoisotopic (exact) mass is 512 g/mol. The molecule has 0 aliphatic rings. The molecular weight excluding hydrogens is 476 g/mol. The van der Waals surface area contributed by atoms with Gasteiger partial charge in [-0.3, -0.25) is 0 Å². The molecule has 0 unspecified atom stereocenters. The van der Waals surface area contributed by atoms with Crippen LogP contribution < -0.4 is 4.57 Å². The molecule has 0 atom stereocenters. The van der Waals surface area contributed by atoms with Gasteiger partial charge in [0.15, 0.2) is 21.2 Å². The van der Waals surface area contributed by atoms with Gasteiger partial charge in [0.2, 0.25) is 6.33 Å². The maximum absolute atomic E-state index is 10.7. The first-order valence-electron chi connectivity index (χ1n) is 10.8. The third-order valence-corrected chi connectivity index (χ3v) is 8.74. The second-order valence-electron chi connectivity index (χ2n) is 8.86. The molecule has 1 aromatic carbocycles. The summed E-state index contributed by atoms with van der Waals surface area (Å²) < 4.78 is 69.0. The molecule has 190 valence electrons. The Morgan fingerprint density at radius 2 is 1.27 bits per heavy atom. The molecule has 2 rings (SSSR count). The summed E-state index contributed by atoms with van der Waals surface area (Å²) >= 11 is 0. The van der Waals surface area contributed by atoms with Crippen LogP contribution in [0.4, 0.5) is 13.2 Å². The highest BCUT2D eigenvalue weighted by Gasteiger charge is 2.40. The Hall–Kier alpha value is -1.26. The van der Waals surface area contributed by atoms with Crippen LogP contribution in [0.2, 0.25) is 0 Å². The quantitative estimate of drug-likeness (QED) is 0.230. The predicted molar refractivity (Wildman–Crippen MR) is 125 cm³/mol. The van der Waals surface area contributed by atoms with Gasteiger partial charge in [0, 0.05) is 24.2 Å². The Morgan fingerprint density at radius 1 is 0.909 bits per heavy atom. The zero-order valence-electron chi connectivity index (χ0n) is 20.7. The van der Waals surface area contributed by atoms with E-state index in [1.54, 1.807) is 0 Å². The van der Waals surface area contributed by atoms with Gasteiger partial charge in [0.05, 0.1) is 7.05 Å². The van der Waals surface area contributed by atoms with E-state index < -0.39 is 24.0 Å². The number of alkyl halides is 3. The Morgan fingerprint density at radius 3 is 1.61 bits per heavy atom. The fourth-order valence-corrected chi connectivity index (χ4v) is 6.69.